The molecule has 3 rings (SSSR count). The summed E-state index contributed by atoms with van der Waals surface area (Å²) < 4.78 is 42.0. The summed E-state index contributed by atoms with van der Waals surface area (Å²) >= 11 is 0. The van der Waals surface area contributed by atoms with E-state index in [1.165, 1.54) is 18.2 Å². The molecule has 6 nitrogen and oxygen atoms in total. The number of rotatable bonds is 6. The lowest BCUT2D eigenvalue weighted by molar-refractivity contribution is -0.134. The van der Waals surface area contributed by atoms with Gasteiger partial charge in [0.05, 0.1) is 0 Å². The van der Waals surface area contributed by atoms with Gasteiger partial charge in [0.1, 0.15) is 16.8 Å². The molecule has 1 saturated heterocycles. The van der Waals surface area contributed by atoms with E-state index >= 15 is 0 Å². The van der Waals surface area contributed by atoms with Crippen molar-refractivity contribution < 1.29 is 17.6 Å². The van der Waals surface area contributed by atoms with Gasteiger partial charge in [0.15, 0.2) is 0 Å². The molecule has 1 N–H and O–H groups in total. The Hall–Kier alpha value is -2.29. The van der Waals surface area contributed by atoms with Crippen LogP contribution in [0.5, 0.6) is 0 Å². The Morgan fingerprint density at radius 3 is 2.29 bits per heavy atom. The van der Waals surface area contributed by atoms with Crippen LogP contribution in [0.15, 0.2) is 59.5 Å². The van der Waals surface area contributed by atoms with E-state index in [1.54, 1.807) is 4.90 Å². The average Bonchev–Trinajstić information content (AvgIpc) is 2.68. The molecule has 1 unspecified atom stereocenters. The maximum Gasteiger partial charge on any atom is 0.244 e. The lowest BCUT2D eigenvalue weighted by atomic mass is 10.1. The van der Waals surface area contributed by atoms with Gasteiger partial charge < -0.3 is 9.80 Å². The summed E-state index contributed by atoms with van der Waals surface area (Å²) in [6.07, 6.45) is 0.194. The largest absolute Gasteiger partial charge is 0.339 e. The Kier molecular flexibility index (Phi) is 6.43. The van der Waals surface area contributed by atoms with Crippen molar-refractivity contribution in [1.82, 2.24) is 14.5 Å². The summed E-state index contributed by atoms with van der Waals surface area (Å²) in [5.41, 5.74) is 0.825. The van der Waals surface area contributed by atoms with Crippen LogP contribution >= 0.6 is 0 Å². The van der Waals surface area contributed by atoms with E-state index in [0.29, 0.717) is 13.1 Å². The Morgan fingerprint density at radius 2 is 1.64 bits per heavy atom. The first-order valence-electron chi connectivity index (χ1n) is 9.15. The van der Waals surface area contributed by atoms with E-state index in [1.807, 2.05) is 37.4 Å². The third-order valence-electron chi connectivity index (χ3n) is 4.82. The number of amides is 1. The highest BCUT2D eigenvalue weighted by Crippen LogP contribution is 2.16. The molecular formula is C20H24FN3O3S. The highest BCUT2D eigenvalue weighted by atomic mass is 32.2. The molecule has 2 aromatic rings. The van der Waals surface area contributed by atoms with Crippen LogP contribution in [-0.2, 0) is 21.2 Å². The number of nitrogens with zero attached hydrogens (tertiary/aromatic N) is 2. The number of halogens is 1. The lowest BCUT2D eigenvalue weighted by Crippen LogP contribution is -2.54. The first-order chi connectivity index (χ1) is 13.4. The second-order valence-electron chi connectivity index (χ2n) is 6.92. The summed E-state index contributed by atoms with van der Waals surface area (Å²) in [4.78, 5) is 16.4. The molecule has 1 aliphatic rings. The van der Waals surface area contributed by atoms with Gasteiger partial charge in [-0.25, -0.2) is 12.8 Å². The van der Waals surface area contributed by atoms with E-state index in [-0.39, 0.29) is 12.3 Å². The van der Waals surface area contributed by atoms with Gasteiger partial charge in [0.2, 0.25) is 15.9 Å². The zero-order valence-corrected chi connectivity index (χ0v) is 16.5. The molecule has 0 aromatic heterocycles. The minimum atomic E-state index is -4.19. The topological polar surface area (TPSA) is 69.7 Å². The van der Waals surface area contributed by atoms with Crippen molar-refractivity contribution in [3.8, 4) is 0 Å². The summed E-state index contributed by atoms with van der Waals surface area (Å²) in [5, 5.41) is 0. The Bertz CT molecular complexity index is 913. The number of hydrogen-bond acceptors (Lipinski definition) is 4. The van der Waals surface area contributed by atoms with Crippen molar-refractivity contribution in [3.63, 3.8) is 0 Å². The quantitative estimate of drug-likeness (QED) is 0.791. The van der Waals surface area contributed by atoms with E-state index in [9.17, 15) is 17.6 Å². The van der Waals surface area contributed by atoms with Gasteiger partial charge in [0, 0.05) is 26.2 Å². The number of hydrogen-bond donors (Lipinski definition) is 1. The summed E-state index contributed by atoms with van der Waals surface area (Å²) in [5.74, 6) is -1.14. The molecule has 1 amide bonds. The smallest absolute Gasteiger partial charge is 0.244 e. The van der Waals surface area contributed by atoms with Gasteiger partial charge in [-0.2, -0.15) is 4.72 Å². The van der Waals surface area contributed by atoms with Gasteiger partial charge >= 0.3 is 0 Å². The molecule has 1 fully saturated rings. The number of benzene rings is 2. The minimum absolute atomic E-state index is 0.194. The molecule has 2 aromatic carbocycles. The maximum atomic E-state index is 14.0. The van der Waals surface area contributed by atoms with Crippen LogP contribution in [0.3, 0.4) is 0 Å². The Balaban J connectivity index is 1.85. The highest BCUT2D eigenvalue weighted by molar-refractivity contribution is 7.89. The van der Waals surface area contributed by atoms with Crippen molar-refractivity contribution in [2.45, 2.75) is 17.4 Å². The van der Waals surface area contributed by atoms with Gasteiger partial charge in [0.25, 0.3) is 0 Å². The van der Waals surface area contributed by atoms with Crippen molar-refractivity contribution in [3.05, 3.63) is 66.0 Å². The van der Waals surface area contributed by atoms with E-state index in [4.69, 9.17) is 0 Å². The summed E-state index contributed by atoms with van der Waals surface area (Å²) in [7, 11) is -2.21. The van der Waals surface area contributed by atoms with Gasteiger partial charge in [-0.15, -0.1) is 0 Å². The zero-order valence-electron chi connectivity index (χ0n) is 15.7. The highest BCUT2D eigenvalue weighted by Gasteiger charge is 2.31. The molecule has 0 radical (unpaired) electrons. The molecular weight excluding hydrogens is 381 g/mol. The van der Waals surface area contributed by atoms with Crippen molar-refractivity contribution >= 4 is 15.9 Å². The first kappa shape index (κ1) is 20.4. The predicted molar refractivity (Wildman–Crippen MR) is 105 cm³/mol. The second-order valence-corrected chi connectivity index (χ2v) is 8.60. The van der Waals surface area contributed by atoms with Crippen LogP contribution in [0, 0.1) is 5.82 Å². The molecule has 0 spiro atoms. The van der Waals surface area contributed by atoms with Crippen LogP contribution < -0.4 is 4.72 Å². The standard InChI is InChI=1S/C20H24FN3O3S/c1-23-11-13-24(14-12-23)20(25)18(15-16-7-3-2-4-8-16)22-28(26,27)19-10-6-5-9-17(19)21/h2-10,18,22H,11-15H2,1H3. The molecule has 28 heavy (non-hydrogen) atoms. The van der Waals surface area contributed by atoms with Crippen LogP contribution in [0.25, 0.3) is 0 Å². The SMILES string of the molecule is CN1CCN(C(=O)C(Cc2ccccc2)NS(=O)(=O)c2ccccc2F)CC1. The van der Waals surface area contributed by atoms with Gasteiger partial charge in [-0.3, -0.25) is 4.79 Å². The van der Waals surface area contributed by atoms with Crippen LogP contribution in [0.4, 0.5) is 4.39 Å². The molecule has 0 aliphatic carbocycles. The lowest BCUT2D eigenvalue weighted by Gasteiger charge is -2.34. The molecule has 1 atom stereocenters. The maximum absolute atomic E-state index is 14.0. The predicted octanol–water partition coefficient (Wildman–Crippen LogP) is 1.49. The number of carbonyl (C=O) groups excluding carboxylic acids is 1. The third-order valence-corrected chi connectivity index (χ3v) is 6.32. The Labute approximate surface area is 165 Å². The summed E-state index contributed by atoms with van der Waals surface area (Å²) in [6, 6.07) is 13.3. The van der Waals surface area contributed by atoms with Crippen LogP contribution in [-0.4, -0.2) is 63.4 Å². The second kappa shape index (κ2) is 8.81. The first-order valence-corrected chi connectivity index (χ1v) is 10.6. The zero-order chi connectivity index (χ0) is 20.1. The average molecular weight is 405 g/mol. The van der Waals surface area contributed by atoms with Gasteiger partial charge in [-0.05, 0) is 31.2 Å². The molecule has 0 saturated carbocycles. The summed E-state index contributed by atoms with van der Waals surface area (Å²) in [6.45, 7) is 2.51. The number of nitrogens with one attached hydrogen (secondary N) is 1. The fraction of sp³-hybridized carbons (Fsp3) is 0.350. The van der Waals surface area contributed by atoms with Crippen molar-refractivity contribution in [1.29, 1.82) is 0 Å². The normalized spacial score (nSPS) is 16.7. The van der Waals surface area contributed by atoms with E-state index in [2.05, 4.69) is 9.62 Å². The van der Waals surface area contributed by atoms with Crippen LogP contribution in [0.2, 0.25) is 0 Å². The fourth-order valence-electron chi connectivity index (χ4n) is 3.19. The molecule has 1 heterocycles. The van der Waals surface area contributed by atoms with Crippen molar-refractivity contribution in [2.75, 3.05) is 33.2 Å². The van der Waals surface area contributed by atoms with E-state index in [0.717, 1.165) is 24.7 Å². The fourth-order valence-corrected chi connectivity index (χ4v) is 4.46. The van der Waals surface area contributed by atoms with E-state index < -0.39 is 26.8 Å². The molecule has 1 aliphatic heterocycles. The monoisotopic (exact) mass is 405 g/mol. The molecule has 0 bridgehead atoms. The number of sulfonamides is 1. The molecule has 150 valence electrons. The third kappa shape index (κ3) is 4.95. The minimum Gasteiger partial charge on any atom is -0.339 e. The van der Waals surface area contributed by atoms with Gasteiger partial charge in [-0.1, -0.05) is 42.5 Å². The Morgan fingerprint density at radius 1 is 1.04 bits per heavy atom. The number of likely N-dealkylation sites (N-methyl/N-ethyl adjacent to an activating group) is 1. The number of piperazine rings is 1. The molecule has 8 heteroatoms. The van der Waals surface area contributed by atoms with Crippen LogP contribution in [0.1, 0.15) is 5.56 Å². The van der Waals surface area contributed by atoms with Crippen molar-refractivity contribution in [2.24, 2.45) is 0 Å². The number of carbonyl (C=O) groups is 1.